The molecule has 0 aromatic rings. The van der Waals surface area contributed by atoms with Crippen LogP contribution in [-0.4, -0.2) is 36.0 Å². The van der Waals surface area contributed by atoms with E-state index >= 15 is 0 Å². The molecule has 0 aliphatic carbocycles. The van der Waals surface area contributed by atoms with E-state index in [0.29, 0.717) is 12.6 Å². The molecule has 0 spiro atoms. The monoisotopic (exact) mass is 248 g/mol. The minimum Gasteiger partial charge on any atom is -0.355 e. The van der Waals surface area contributed by atoms with E-state index in [4.69, 9.17) is 0 Å². The molecule has 15 heavy (non-hydrogen) atoms. The lowest BCUT2D eigenvalue weighted by Gasteiger charge is -2.26. The first kappa shape index (κ1) is 13.2. The molecule has 1 aliphatic heterocycles. The molecule has 1 saturated heterocycles. The second kappa shape index (κ2) is 7.41. The van der Waals surface area contributed by atoms with Crippen molar-refractivity contribution in [3.63, 3.8) is 0 Å². The zero-order valence-electron chi connectivity index (χ0n) is 9.41. The van der Waals surface area contributed by atoms with Crippen LogP contribution >= 0.6 is 21.6 Å². The Morgan fingerprint density at radius 2 is 2.27 bits per heavy atom. The number of nitrogens with one attached hydrogen (secondary N) is 2. The van der Waals surface area contributed by atoms with Crippen LogP contribution in [0.2, 0.25) is 0 Å². The highest BCUT2D eigenvalue weighted by Gasteiger charge is 2.21. The normalized spacial score (nSPS) is 23.5. The smallest absolute Gasteiger partial charge is 0.237 e. The van der Waals surface area contributed by atoms with Gasteiger partial charge in [0.25, 0.3) is 0 Å². The third-order valence-electron chi connectivity index (χ3n) is 2.41. The van der Waals surface area contributed by atoms with Crippen molar-refractivity contribution >= 4 is 27.5 Å². The Labute approximate surface area is 99.9 Å². The fourth-order valence-corrected chi connectivity index (χ4v) is 4.00. The van der Waals surface area contributed by atoms with Crippen LogP contribution in [0.5, 0.6) is 0 Å². The summed E-state index contributed by atoms with van der Waals surface area (Å²) in [6, 6.07) is 0.488. The van der Waals surface area contributed by atoms with Gasteiger partial charge in [-0.3, -0.25) is 4.79 Å². The largest absolute Gasteiger partial charge is 0.355 e. The molecule has 1 aliphatic rings. The second-order valence-corrected chi connectivity index (χ2v) is 6.24. The van der Waals surface area contributed by atoms with Crippen LogP contribution in [0.25, 0.3) is 0 Å². The summed E-state index contributed by atoms with van der Waals surface area (Å²) >= 11 is 0. The Morgan fingerprint density at radius 1 is 1.47 bits per heavy atom. The van der Waals surface area contributed by atoms with E-state index in [1.807, 2.05) is 28.5 Å². The molecular weight excluding hydrogens is 228 g/mol. The minimum atomic E-state index is -0.0151. The first-order valence-corrected chi connectivity index (χ1v) is 8.04. The van der Waals surface area contributed by atoms with Gasteiger partial charge in [0, 0.05) is 24.1 Å². The van der Waals surface area contributed by atoms with Crippen LogP contribution in [0.1, 0.15) is 26.7 Å². The number of likely N-dealkylation sites (N-methyl/N-ethyl adjacent to an activating group) is 1. The Morgan fingerprint density at radius 3 is 2.80 bits per heavy atom. The molecule has 5 heteroatoms. The fourth-order valence-electron chi connectivity index (χ4n) is 1.56. The van der Waals surface area contributed by atoms with E-state index in [1.54, 1.807) is 0 Å². The van der Waals surface area contributed by atoms with Gasteiger partial charge in [-0.15, -0.1) is 0 Å². The third-order valence-corrected chi connectivity index (χ3v) is 4.93. The summed E-state index contributed by atoms with van der Waals surface area (Å²) in [5, 5.41) is 6.32. The Bertz CT molecular complexity index is 196. The van der Waals surface area contributed by atoms with Gasteiger partial charge in [-0.25, -0.2) is 0 Å². The molecule has 1 rings (SSSR count). The van der Waals surface area contributed by atoms with Gasteiger partial charge in [0.05, 0.1) is 6.04 Å². The first-order valence-electron chi connectivity index (χ1n) is 5.56. The predicted octanol–water partition coefficient (Wildman–Crippen LogP) is 1.64. The zero-order valence-corrected chi connectivity index (χ0v) is 11.0. The van der Waals surface area contributed by atoms with Gasteiger partial charge in [-0.1, -0.05) is 28.5 Å². The number of amides is 1. The summed E-state index contributed by atoms with van der Waals surface area (Å²) in [7, 11) is 3.83. The molecule has 1 heterocycles. The van der Waals surface area contributed by atoms with Crippen LogP contribution < -0.4 is 10.6 Å². The summed E-state index contributed by atoms with van der Waals surface area (Å²) in [5.41, 5.74) is 0. The van der Waals surface area contributed by atoms with E-state index in [0.717, 1.165) is 12.2 Å². The molecular formula is C10H20N2OS2. The number of carbonyl (C=O) groups excluding carboxylic acids is 1. The van der Waals surface area contributed by atoms with E-state index < -0.39 is 0 Å². The molecule has 0 aromatic carbocycles. The highest BCUT2D eigenvalue weighted by atomic mass is 33.1. The van der Waals surface area contributed by atoms with Crippen molar-refractivity contribution in [3.8, 4) is 0 Å². The number of hydrogen-bond donors (Lipinski definition) is 2. The van der Waals surface area contributed by atoms with Gasteiger partial charge < -0.3 is 10.6 Å². The van der Waals surface area contributed by atoms with Gasteiger partial charge in [0.15, 0.2) is 0 Å². The van der Waals surface area contributed by atoms with Crippen molar-refractivity contribution < 1.29 is 4.79 Å². The lowest BCUT2D eigenvalue weighted by molar-refractivity contribution is -0.123. The predicted molar refractivity (Wildman–Crippen MR) is 69.2 cm³/mol. The topological polar surface area (TPSA) is 41.1 Å². The standard InChI is InChI=1S/C10H20N2OS2/c1-3-9(10(13)11-4-2)12-8-5-6-14-15-7-8/h8-9,12H,3-7H2,1-2H3,(H,11,13). The van der Waals surface area contributed by atoms with Gasteiger partial charge >= 0.3 is 0 Å². The van der Waals surface area contributed by atoms with Crippen molar-refractivity contribution in [3.05, 3.63) is 0 Å². The molecule has 0 saturated carbocycles. The van der Waals surface area contributed by atoms with Crippen molar-refractivity contribution in [2.45, 2.75) is 38.8 Å². The molecule has 2 N–H and O–H groups in total. The fraction of sp³-hybridized carbons (Fsp3) is 0.900. The second-order valence-electron chi connectivity index (χ2n) is 3.61. The summed E-state index contributed by atoms with van der Waals surface area (Å²) in [5.74, 6) is 2.44. The van der Waals surface area contributed by atoms with Crippen molar-refractivity contribution in [2.24, 2.45) is 0 Å². The van der Waals surface area contributed by atoms with Crippen molar-refractivity contribution in [1.29, 1.82) is 0 Å². The molecule has 0 radical (unpaired) electrons. The number of rotatable bonds is 5. The van der Waals surface area contributed by atoms with Crippen LogP contribution in [-0.2, 0) is 4.79 Å². The quantitative estimate of drug-likeness (QED) is 0.726. The summed E-state index contributed by atoms with van der Waals surface area (Å²) in [4.78, 5) is 11.7. The van der Waals surface area contributed by atoms with Crippen LogP contribution in [0.4, 0.5) is 0 Å². The average Bonchev–Trinajstić information content (AvgIpc) is 2.27. The summed E-state index contributed by atoms with van der Waals surface area (Å²) in [6.07, 6.45) is 2.04. The van der Waals surface area contributed by atoms with E-state index in [1.165, 1.54) is 12.2 Å². The highest BCUT2D eigenvalue weighted by Crippen LogP contribution is 2.29. The van der Waals surface area contributed by atoms with E-state index in [9.17, 15) is 4.79 Å². The molecule has 3 nitrogen and oxygen atoms in total. The molecule has 2 unspecified atom stereocenters. The first-order chi connectivity index (χ1) is 7.27. The maximum Gasteiger partial charge on any atom is 0.237 e. The maximum atomic E-state index is 11.7. The maximum absolute atomic E-state index is 11.7. The van der Waals surface area contributed by atoms with Gasteiger partial charge in [0.1, 0.15) is 0 Å². The lowest BCUT2D eigenvalue weighted by Crippen LogP contribution is -2.49. The number of carbonyl (C=O) groups is 1. The van der Waals surface area contributed by atoms with Crippen LogP contribution in [0.3, 0.4) is 0 Å². The third kappa shape index (κ3) is 4.66. The lowest BCUT2D eigenvalue weighted by atomic mass is 10.1. The molecule has 1 fully saturated rings. The average molecular weight is 248 g/mol. The summed E-state index contributed by atoms with van der Waals surface area (Å²) < 4.78 is 0. The Balaban J connectivity index is 2.34. The molecule has 0 aromatic heterocycles. The van der Waals surface area contributed by atoms with Gasteiger partial charge in [-0.2, -0.15) is 0 Å². The Kier molecular flexibility index (Phi) is 6.52. The van der Waals surface area contributed by atoms with E-state index in [2.05, 4.69) is 17.6 Å². The molecule has 88 valence electrons. The SMILES string of the molecule is CCNC(=O)C(CC)NC1CCSSC1. The molecule has 0 bridgehead atoms. The van der Waals surface area contributed by atoms with Crippen LogP contribution in [0.15, 0.2) is 0 Å². The zero-order chi connectivity index (χ0) is 11.1. The molecule has 2 atom stereocenters. The Hall–Kier alpha value is 0.130. The minimum absolute atomic E-state index is 0.0151. The van der Waals surface area contributed by atoms with Crippen molar-refractivity contribution in [2.75, 3.05) is 18.1 Å². The van der Waals surface area contributed by atoms with Gasteiger partial charge in [0.2, 0.25) is 5.91 Å². The summed E-state index contributed by atoms with van der Waals surface area (Å²) in [6.45, 7) is 4.72. The number of hydrogen-bond acceptors (Lipinski definition) is 4. The van der Waals surface area contributed by atoms with E-state index in [-0.39, 0.29) is 11.9 Å². The highest BCUT2D eigenvalue weighted by molar-refractivity contribution is 8.76. The van der Waals surface area contributed by atoms with Crippen molar-refractivity contribution in [1.82, 2.24) is 10.6 Å². The molecule has 1 amide bonds. The van der Waals surface area contributed by atoms with Crippen LogP contribution in [0, 0.1) is 0 Å². The van der Waals surface area contributed by atoms with Gasteiger partial charge in [-0.05, 0) is 19.8 Å².